The van der Waals surface area contributed by atoms with Crippen LogP contribution < -0.4 is 5.32 Å². The summed E-state index contributed by atoms with van der Waals surface area (Å²) in [5, 5.41) is 3.34. The van der Waals surface area contributed by atoms with Crippen LogP contribution in [0.4, 0.5) is 0 Å². The molecule has 1 heterocycles. The Morgan fingerprint density at radius 2 is 2.00 bits per heavy atom. The molecule has 6 nitrogen and oxygen atoms in total. The molecule has 0 aromatic heterocycles. The first-order valence-corrected chi connectivity index (χ1v) is 11.8. The number of benzene rings is 1. The van der Waals surface area contributed by atoms with Crippen LogP contribution in [0.1, 0.15) is 31.2 Å². The molecule has 1 saturated heterocycles. The van der Waals surface area contributed by atoms with Crippen molar-refractivity contribution in [3.63, 3.8) is 0 Å². The number of hydrogen-bond donors (Lipinski definition) is 1. The molecule has 28 heavy (non-hydrogen) atoms. The summed E-state index contributed by atoms with van der Waals surface area (Å²) >= 11 is 0. The van der Waals surface area contributed by atoms with Crippen molar-refractivity contribution in [3.8, 4) is 0 Å². The van der Waals surface area contributed by atoms with Crippen LogP contribution in [0.3, 0.4) is 0 Å². The van der Waals surface area contributed by atoms with Crippen molar-refractivity contribution in [3.05, 3.63) is 35.9 Å². The largest absolute Gasteiger partial charge is 0.379 e. The van der Waals surface area contributed by atoms with Crippen molar-refractivity contribution in [2.24, 2.45) is 10.9 Å². The van der Waals surface area contributed by atoms with Crippen LogP contribution in [-0.4, -0.2) is 71.2 Å². The summed E-state index contributed by atoms with van der Waals surface area (Å²) in [5.74, 6) is 2.16. The summed E-state index contributed by atoms with van der Waals surface area (Å²) in [6.07, 6.45) is 3.48. The van der Waals surface area contributed by atoms with Gasteiger partial charge in [0, 0.05) is 32.9 Å². The number of piperidine rings is 1. The number of likely N-dealkylation sites (tertiary alicyclic amines) is 1. The number of aliphatic imine (C=N–C) groups is 1. The Morgan fingerprint density at radius 1 is 1.29 bits per heavy atom. The molecule has 0 aliphatic carbocycles. The summed E-state index contributed by atoms with van der Waals surface area (Å²) in [5.41, 5.74) is 1.44. The molecule has 0 saturated carbocycles. The number of ether oxygens (including phenoxy) is 1. The Bertz CT molecular complexity index is 698. The average Bonchev–Trinajstić information content (AvgIpc) is 2.67. The number of nitrogens with zero attached hydrogens (tertiary/aromatic N) is 2. The molecule has 0 radical (unpaired) electrons. The molecule has 1 aliphatic rings. The van der Waals surface area contributed by atoms with E-state index in [1.165, 1.54) is 11.8 Å². The minimum absolute atomic E-state index is 0. The minimum atomic E-state index is -2.96. The highest BCUT2D eigenvalue weighted by Gasteiger charge is 2.30. The van der Waals surface area contributed by atoms with Gasteiger partial charge in [-0.25, -0.2) is 8.42 Å². The summed E-state index contributed by atoms with van der Waals surface area (Å²) in [7, 11) is -1.16. The molecular formula is C20H34IN3O3S. The van der Waals surface area contributed by atoms with Gasteiger partial charge in [-0.3, -0.25) is 4.99 Å². The van der Waals surface area contributed by atoms with Crippen molar-refractivity contribution in [2.45, 2.75) is 25.7 Å². The molecule has 0 amide bonds. The second-order valence-corrected chi connectivity index (χ2v) is 9.40. The zero-order valence-electron chi connectivity index (χ0n) is 17.1. The lowest BCUT2D eigenvalue weighted by Crippen LogP contribution is -2.49. The second-order valence-electron chi connectivity index (χ2n) is 7.14. The highest BCUT2D eigenvalue weighted by atomic mass is 127. The van der Waals surface area contributed by atoms with E-state index < -0.39 is 9.84 Å². The van der Waals surface area contributed by atoms with Gasteiger partial charge in [-0.05, 0) is 23.8 Å². The van der Waals surface area contributed by atoms with E-state index in [-0.39, 0.29) is 36.3 Å². The Balaban J connectivity index is 0.00000392. The third-order valence-electron chi connectivity index (χ3n) is 5.13. The normalized spacial score (nSPS) is 20.5. The molecule has 1 fully saturated rings. The average molecular weight is 523 g/mol. The van der Waals surface area contributed by atoms with Crippen LogP contribution in [0, 0.1) is 5.92 Å². The van der Waals surface area contributed by atoms with E-state index in [0.717, 1.165) is 31.9 Å². The number of nitrogens with one attached hydrogen (secondary N) is 1. The van der Waals surface area contributed by atoms with Gasteiger partial charge in [0.1, 0.15) is 9.84 Å². The Morgan fingerprint density at radius 3 is 2.61 bits per heavy atom. The van der Waals surface area contributed by atoms with Gasteiger partial charge in [-0.1, -0.05) is 43.7 Å². The van der Waals surface area contributed by atoms with Crippen LogP contribution >= 0.6 is 24.0 Å². The van der Waals surface area contributed by atoms with Crippen LogP contribution in [0.2, 0.25) is 0 Å². The number of guanidine groups is 1. The summed E-state index contributed by atoms with van der Waals surface area (Å²) in [6, 6.07) is 10.8. The molecule has 160 valence electrons. The second kappa shape index (κ2) is 12.6. The summed E-state index contributed by atoms with van der Waals surface area (Å²) < 4.78 is 27.6. The fourth-order valence-corrected chi connectivity index (χ4v) is 4.08. The lowest BCUT2D eigenvalue weighted by molar-refractivity contribution is 0.152. The first kappa shape index (κ1) is 25.2. The first-order valence-electron chi connectivity index (χ1n) is 9.70. The van der Waals surface area contributed by atoms with Gasteiger partial charge in [0.15, 0.2) is 5.96 Å². The number of rotatable bonds is 8. The van der Waals surface area contributed by atoms with Gasteiger partial charge in [-0.15, -0.1) is 24.0 Å². The lowest BCUT2D eigenvalue weighted by Gasteiger charge is -2.40. The smallest absolute Gasteiger partial charge is 0.193 e. The molecule has 1 aliphatic heterocycles. The highest BCUT2D eigenvalue weighted by molar-refractivity contribution is 14.0. The maximum Gasteiger partial charge on any atom is 0.193 e. The van der Waals surface area contributed by atoms with E-state index >= 15 is 0 Å². The van der Waals surface area contributed by atoms with Gasteiger partial charge in [-0.2, -0.15) is 0 Å². The van der Waals surface area contributed by atoms with E-state index in [0.29, 0.717) is 25.0 Å². The first-order chi connectivity index (χ1) is 12.9. The number of hydrogen-bond acceptors (Lipinski definition) is 4. The Kier molecular flexibility index (Phi) is 11.4. The molecule has 1 N–H and O–H groups in total. The van der Waals surface area contributed by atoms with Crippen molar-refractivity contribution in [1.29, 1.82) is 0 Å². The molecule has 8 heteroatoms. The van der Waals surface area contributed by atoms with E-state index in [1.54, 1.807) is 7.05 Å². The molecule has 2 rings (SSSR count). The van der Waals surface area contributed by atoms with E-state index in [4.69, 9.17) is 4.74 Å². The van der Waals surface area contributed by atoms with Gasteiger partial charge < -0.3 is 15.0 Å². The fraction of sp³-hybridized carbons (Fsp3) is 0.650. The van der Waals surface area contributed by atoms with Crippen LogP contribution in [0.25, 0.3) is 0 Å². The van der Waals surface area contributed by atoms with Crippen LogP contribution in [0.5, 0.6) is 0 Å². The maximum atomic E-state index is 11.1. The third-order valence-corrected chi connectivity index (χ3v) is 6.03. The van der Waals surface area contributed by atoms with Gasteiger partial charge in [0.05, 0.1) is 19.0 Å². The molecular weight excluding hydrogens is 489 g/mol. The quantitative estimate of drug-likeness (QED) is 0.246. The van der Waals surface area contributed by atoms with Crippen LogP contribution in [-0.2, 0) is 14.6 Å². The predicted octanol–water partition coefficient (Wildman–Crippen LogP) is 2.76. The van der Waals surface area contributed by atoms with Gasteiger partial charge in [0.2, 0.25) is 0 Å². The van der Waals surface area contributed by atoms with Crippen molar-refractivity contribution in [2.75, 3.05) is 51.9 Å². The van der Waals surface area contributed by atoms with E-state index in [2.05, 4.69) is 52.5 Å². The van der Waals surface area contributed by atoms with Crippen molar-refractivity contribution >= 4 is 39.8 Å². The topological polar surface area (TPSA) is 71.0 Å². The Labute approximate surface area is 187 Å². The molecule has 0 bridgehead atoms. The van der Waals surface area contributed by atoms with Gasteiger partial charge >= 0.3 is 0 Å². The highest BCUT2D eigenvalue weighted by Crippen LogP contribution is 2.34. The molecule has 1 aromatic carbocycles. The summed E-state index contributed by atoms with van der Waals surface area (Å²) in [6.45, 7) is 5.54. The van der Waals surface area contributed by atoms with Crippen molar-refractivity contribution < 1.29 is 13.2 Å². The molecule has 0 spiro atoms. The van der Waals surface area contributed by atoms with Crippen LogP contribution in [0.15, 0.2) is 35.3 Å². The maximum absolute atomic E-state index is 11.1. The summed E-state index contributed by atoms with van der Waals surface area (Å²) in [4.78, 5) is 6.74. The predicted molar refractivity (Wildman–Crippen MR) is 126 cm³/mol. The van der Waals surface area contributed by atoms with E-state index in [1.807, 2.05) is 0 Å². The minimum Gasteiger partial charge on any atom is -0.379 e. The van der Waals surface area contributed by atoms with E-state index in [9.17, 15) is 8.42 Å². The Hall–Kier alpha value is -0.870. The van der Waals surface area contributed by atoms with Gasteiger partial charge in [0.25, 0.3) is 0 Å². The molecule has 2 unspecified atom stereocenters. The zero-order chi connectivity index (χ0) is 19.7. The number of halogens is 1. The molecule has 2 atom stereocenters. The standard InChI is InChI=1S/C20H33N3O3S.HI/c1-4-17-16-23(12-10-19(17)18-8-6-5-7-9-18)20(21-2)22-11-13-26-14-15-27(3,24)25;/h5-9,17,19H,4,10-16H2,1-3H3,(H,21,22);1H. The molecule has 1 aromatic rings. The fourth-order valence-electron chi connectivity index (χ4n) is 3.66. The number of sulfone groups is 1. The third kappa shape index (κ3) is 8.24. The van der Waals surface area contributed by atoms with Crippen molar-refractivity contribution in [1.82, 2.24) is 10.2 Å². The monoisotopic (exact) mass is 523 g/mol. The zero-order valence-corrected chi connectivity index (χ0v) is 20.3. The SMILES string of the molecule is CCC1CN(C(=NC)NCCOCCS(C)(=O)=O)CCC1c1ccccc1.I. The lowest BCUT2D eigenvalue weighted by atomic mass is 9.79.